The van der Waals surface area contributed by atoms with E-state index in [9.17, 15) is 9.90 Å². The molecule has 2 aromatic heterocycles. The molecule has 0 saturated carbocycles. The molecular weight excluding hydrogens is 382 g/mol. The van der Waals surface area contributed by atoms with Crippen molar-refractivity contribution in [3.05, 3.63) is 84.2 Å². The monoisotopic (exact) mass is 403 g/mol. The highest BCUT2D eigenvalue weighted by Gasteiger charge is 2.45. The maximum Gasteiger partial charge on any atom is 0.346 e. The van der Waals surface area contributed by atoms with Gasteiger partial charge in [-0.2, -0.15) is 4.98 Å². The number of imidazole rings is 1. The third-order valence-corrected chi connectivity index (χ3v) is 5.29. The topological polar surface area (TPSA) is 97.3 Å². The van der Waals surface area contributed by atoms with E-state index >= 15 is 0 Å². The maximum absolute atomic E-state index is 12.5. The van der Waals surface area contributed by atoms with E-state index in [-0.39, 0.29) is 5.88 Å². The summed E-state index contributed by atoms with van der Waals surface area (Å²) >= 11 is 0. The fraction of sp³-hybridized carbons (Fsp3) is 0.174. The van der Waals surface area contributed by atoms with Gasteiger partial charge in [0.25, 0.3) is 0 Å². The van der Waals surface area contributed by atoms with Crippen molar-refractivity contribution in [2.45, 2.75) is 18.4 Å². The molecule has 0 fully saturated rings. The molecule has 0 aliphatic rings. The fourth-order valence-electron chi connectivity index (χ4n) is 3.65. The van der Waals surface area contributed by atoms with Crippen LogP contribution in [-0.2, 0) is 10.2 Å². The highest BCUT2D eigenvalue weighted by molar-refractivity contribution is 5.82. The summed E-state index contributed by atoms with van der Waals surface area (Å²) in [7, 11) is 1.49. The molecular formula is C23H21N3O4. The molecule has 0 amide bonds. The van der Waals surface area contributed by atoms with Gasteiger partial charge >= 0.3 is 5.97 Å². The minimum absolute atomic E-state index is 0.0936. The number of pyridine rings is 1. The first-order valence-corrected chi connectivity index (χ1v) is 9.42. The molecule has 2 heterocycles. The number of aromatic nitrogens is 3. The predicted octanol–water partition coefficient (Wildman–Crippen LogP) is 3.80. The third kappa shape index (κ3) is 3.34. The van der Waals surface area contributed by atoms with E-state index in [1.165, 1.54) is 13.4 Å². The van der Waals surface area contributed by atoms with Gasteiger partial charge in [0.05, 0.1) is 24.4 Å². The van der Waals surface area contributed by atoms with Crippen molar-refractivity contribution in [2.24, 2.45) is 0 Å². The van der Waals surface area contributed by atoms with Gasteiger partial charge in [0, 0.05) is 6.07 Å². The first-order valence-electron chi connectivity index (χ1n) is 9.42. The normalized spacial score (nSPS) is 12.5. The highest BCUT2D eigenvalue weighted by Crippen LogP contribution is 2.38. The quantitative estimate of drug-likeness (QED) is 0.487. The summed E-state index contributed by atoms with van der Waals surface area (Å²) in [5.41, 5.74) is 1.70. The second-order valence-electron chi connectivity index (χ2n) is 7.04. The molecule has 1 atom stereocenters. The zero-order chi connectivity index (χ0) is 21.1. The van der Waals surface area contributed by atoms with E-state index in [0.717, 1.165) is 11.1 Å². The van der Waals surface area contributed by atoms with Gasteiger partial charge in [0.15, 0.2) is 5.52 Å². The predicted molar refractivity (Wildman–Crippen MR) is 112 cm³/mol. The molecule has 2 aromatic carbocycles. The van der Waals surface area contributed by atoms with Gasteiger partial charge in [-0.1, -0.05) is 60.7 Å². The number of ether oxygens (including phenoxy) is 2. The molecule has 30 heavy (non-hydrogen) atoms. The Kier molecular flexibility index (Phi) is 5.10. The van der Waals surface area contributed by atoms with Crippen molar-refractivity contribution in [1.29, 1.82) is 0 Å². The van der Waals surface area contributed by atoms with Gasteiger partial charge in [-0.05, 0) is 18.1 Å². The van der Waals surface area contributed by atoms with Gasteiger partial charge in [-0.25, -0.2) is 9.78 Å². The number of carboxylic acids is 1. The molecule has 2 N–H and O–H groups in total. The summed E-state index contributed by atoms with van der Waals surface area (Å²) in [5.74, 6) is -0.721. The Morgan fingerprint density at radius 1 is 1.07 bits per heavy atom. The molecule has 152 valence electrons. The Morgan fingerprint density at radius 2 is 1.67 bits per heavy atom. The fourth-order valence-corrected chi connectivity index (χ4v) is 3.65. The zero-order valence-electron chi connectivity index (χ0n) is 16.6. The molecule has 0 unspecified atom stereocenters. The van der Waals surface area contributed by atoms with Crippen molar-refractivity contribution < 1.29 is 19.4 Å². The molecule has 0 spiro atoms. The Balaban J connectivity index is 1.88. The van der Waals surface area contributed by atoms with Crippen LogP contribution in [0.4, 0.5) is 0 Å². The van der Waals surface area contributed by atoms with Crippen molar-refractivity contribution in [2.75, 3.05) is 7.11 Å². The molecule has 0 aliphatic carbocycles. The van der Waals surface area contributed by atoms with E-state index < -0.39 is 17.5 Å². The van der Waals surface area contributed by atoms with E-state index in [1.54, 1.807) is 6.07 Å². The van der Waals surface area contributed by atoms with Gasteiger partial charge in [-0.3, -0.25) is 0 Å². The molecule has 0 bridgehead atoms. The maximum atomic E-state index is 12.5. The van der Waals surface area contributed by atoms with E-state index in [4.69, 9.17) is 9.47 Å². The second-order valence-corrected chi connectivity index (χ2v) is 7.04. The van der Waals surface area contributed by atoms with Crippen LogP contribution in [0.2, 0.25) is 0 Å². The number of aliphatic carboxylic acids is 1. The number of rotatable bonds is 7. The summed E-state index contributed by atoms with van der Waals surface area (Å²) in [5, 5.41) is 10.2. The number of fused-ring (bicyclic) bond motifs is 1. The Hall–Kier alpha value is -3.87. The Morgan fingerprint density at radius 3 is 2.20 bits per heavy atom. The summed E-state index contributed by atoms with van der Waals surface area (Å²) in [4.78, 5) is 24.1. The number of H-pyrrole nitrogens is 1. The lowest BCUT2D eigenvalue weighted by Crippen LogP contribution is -2.47. The number of hydrogen-bond donors (Lipinski definition) is 2. The molecule has 0 aliphatic heterocycles. The average Bonchev–Trinajstić information content (AvgIpc) is 3.26. The van der Waals surface area contributed by atoms with Crippen LogP contribution in [0.5, 0.6) is 11.8 Å². The number of nitrogens with zero attached hydrogens (tertiary/aromatic N) is 2. The Labute approximate surface area is 173 Å². The standard InChI is InChI=1S/C23H21N3O4/c1-23(15-9-5-3-6-10-15,16-11-7-4-8-12-16)20(22(27)28)30-21-19-17(24-14-25-19)13-18(26-21)29-2/h3-14,20H,1-2H3,(H,24,25)(H,27,28)/t20-/m1/s1. The zero-order valence-corrected chi connectivity index (χ0v) is 16.6. The molecule has 4 rings (SSSR count). The van der Waals surface area contributed by atoms with Crippen LogP contribution in [0.1, 0.15) is 18.1 Å². The molecule has 0 radical (unpaired) electrons. The van der Waals surface area contributed by atoms with E-state index in [2.05, 4.69) is 15.0 Å². The Bertz CT molecular complexity index is 1120. The highest BCUT2D eigenvalue weighted by atomic mass is 16.5. The van der Waals surface area contributed by atoms with Crippen LogP contribution in [0, 0.1) is 0 Å². The van der Waals surface area contributed by atoms with Gasteiger partial charge in [-0.15, -0.1) is 0 Å². The lowest BCUT2D eigenvalue weighted by atomic mass is 9.72. The van der Waals surface area contributed by atoms with Crippen LogP contribution in [-0.4, -0.2) is 39.2 Å². The third-order valence-electron chi connectivity index (χ3n) is 5.29. The van der Waals surface area contributed by atoms with Crippen molar-refractivity contribution in [3.8, 4) is 11.8 Å². The van der Waals surface area contributed by atoms with Crippen LogP contribution in [0.3, 0.4) is 0 Å². The number of hydrogen-bond acceptors (Lipinski definition) is 5. The average molecular weight is 403 g/mol. The summed E-state index contributed by atoms with van der Waals surface area (Å²) in [6, 6.07) is 20.6. The molecule has 7 heteroatoms. The van der Waals surface area contributed by atoms with Crippen LogP contribution >= 0.6 is 0 Å². The largest absolute Gasteiger partial charge is 0.481 e. The summed E-state index contributed by atoms with van der Waals surface area (Å²) in [6.45, 7) is 1.86. The van der Waals surface area contributed by atoms with Crippen LogP contribution in [0.25, 0.3) is 11.0 Å². The number of methoxy groups -OCH3 is 1. The lowest BCUT2D eigenvalue weighted by Gasteiger charge is -2.36. The molecule has 0 saturated heterocycles. The number of carbonyl (C=O) groups is 1. The van der Waals surface area contributed by atoms with Gasteiger partial charge < -0.3 is 19.6 Å². The number of carboxylic acid groups (broad SMARTS) is 1. The summed E-state index contributed by atoms with van der Waals surface area (Å²) in [6.07, 6.45) is 0.226. The smallest absolute Gasteiger partial charge is 0.346 e. The van der Waals surface area contributed by atoms with Gasteiger partial charge in [0.2, 0.25) is 17.9 Å². The number of nitrogens with one attached hydrogen (secondary N) is 1. The van der Waals surface area contributed by atoms with Crippen LogP contribution in [0.15, 0.2) is 73.1 Å². The lowest BCUT2D eigenvalue weighted by molar-refractivity contribution is -0.147. The minimum Gasteiger partial charge on any atom is -0.481 e. The minimum atomic E-state index is -1.28. The first-order chi connectivity index (χ1) is 14.5. The van der Waals surface area contributed by atoms with E-state index in [0.29, 0.717) is 16.9 Å². The second kappa shape index (κ2) is 7.87. The number of aromatic amines is 1. The van der Waals surface area contributed by atoms with Gasteiger partial charge in [0.1, 0.15) is 0 Å². The molecule has 4 aromatic rings. The van der Waals surface area contributed by atoms with Crippen molar-refractivity contribution in [3.63, 3.8) is 0 Å². The van der Waals surface area contributed by atoms with Crippen molar-refractivity contribution in [1.82, 2.24) is 15.0 Å². The van der Waals surface area contributed by atoms with Crippen LogP contribution < -0.4 is 9.47 Å². The summed E-state index contributed by atoms with van der Waals surface area (Å²) < 4.78 is 11.3. The number of benzene rings is 2. The van der Waals surface area contributed by atoms with E-state index in [1.807, 2.05) is 67.6 Å². The first kappa shape index (κ1) is 19.4. The van der Waals surface area contributed by atoms with Crippen molar-refractivity contribution >= 4 is 17.0 Å². The SMILES string of the molecule is COc1cc2[nH]cnc2c(O[C@H](C(=O)O)C(C)(c2ccccc2)c2ccccc2)n1. The molecule has 7 nitrogen and oxygen atoms in total.